The third kappa shape index (κ3) is 2.72. The fourth-order valence-corrected chi connectivity index (χ4v) is 3.84. The van der Waals surface area contributed by atoms with Gasteiger partial charge in [-0.1, -0.05) is 48.5 Å². The first-order valence-electron chi connectivity index (χ1n) is 8.55. The molecule has 0 aromatic heterocycles. The number of carboxylic acids is 1. The van der Waals surface area contributed by atoms with Gasteiger partial charge in [-0.05, 0) is 22.3 Å². The summed E-state index contributed by atoms with van der Waals surface area (Å²) in [5.74, 6) is -1.28. The van der Waals surface area contributed by atoms with E-state index < -0.39 is 17.7 Å². The number of nitrogens with one attached hydrogen (secondary N) is 1. The predicted octanol–water partition coefficient (Wildman–Crippen LogP) is 2.50. The molecule has 1 saturated carbocycles. The number of hydrogen-bond donors (Lipinski definition) is 3. The zero-order chi connectivity index (χ0) is 18.3. The monoisotopic (exact) mass is 353 g/mol. The molecule has 2 aliphatic carbocycles. The first kappa shape index (κ1) is 16.6. The number of benzene rings is 2. The minimum absolute atomic E-state index is 0.00741. The molecule has 6 heteroatoms. The number of hydrogen-bond acceptors (Lipinski definition) is 4. The highest BCUT2D eigenvalue weighted by atomic mass is 16.5. The number of fused-ring (bicyclic) bond motifs is 3. The minimum Gasteiger partial charge on any atom is -0.479 e. The van der Waals surface area contributed by atoms with Gasteiger partial charge in [0.1, 0.15) is 6.61 Å². The summed E-state index contributed by atoms with van der Waals surface area (Å²) in [6.45, 7) is 0.204. The zero-order valence-electron chi connectivity index (χ0n) is 14.0. The third-order valence-corrected chi connectivity index (χ3v) is 5.23. The predicted molar refractivity (Wildman–Crippen MR) is 93.8 cm³/mol. The van der Waals surface area contributed by atoms with Crippen LogP contribution in [0.2, 0.25) is 0 Å². The summed E-state index contributed by atoms with van der Waals surface area (Å²) in [7, 11) is 0. The summed E-state index contributed by atoms with van der Waals surface area (Å²) in [4.78, 5) is 22.9. The van der Waals surface area contributed by atoms with Gasteiger partial charge >= 0.3 is 12.1 Å². The van der Waals surface area contributed by atoms with E-state index in [4.69, 9.17) is 9.84 Å². The summed E-state index contributed by atoms with van der Waals surface area (Å²) in [5, 5.41) is 21.2. The minimum atomic E-state index is -1.73. The molecule has 134 valence electrons. The van der Waals surface area contributed by atoms with E-state index in [1.54, 1.807) is 0 Å². The summed E-state index contributed by atoms with van der Waals surface area (Å²) in [6.07, 6.45) is -0.608. The fourth-order valence-electron chi connectivity index (χ4n) is 3.84. The molecule has 2 aliphatic rings. The van der Waals surface area contributed by atoms with Gasteiger partial charge in [-0.3, -0.25) is 0 Å². The molecular weight excluding hydrogens is 334 g/mol. The molecule has 0 heterocycles. The lowest BCUT2D eigenvalue weighted by atomic mass is 9.76. The molecule has 2 aromatic rings. The third-order valence-electron chi connectivity index (χ3n) is 5.23. The second kappa shape index (κ2) is 6.14. The number of ether oxygens (including phenoxy) is 1. The molecular formula is C20H19NO5. The van der Waals surface area contributed by atoms with Crippen LogP contribution in [-0.2, 0) is 9.53 Å². The van der Waals surface area contributed by atoms with E-state index in [0.717, 1.165) is 22.3 Å². The number of rotatable bonds is 4. The second-order valence-corrected chi connectivity index (χ2v) is 6.91. The van der Waals surface area contributed by atoms with Crippen molar-refractivity contribution in [3.8, 4) is 11.1 Å². The Morgan fingerprint density at radius 1 is 1.04 bits per heavy atom. The molecule has 26 heavy (non-hydrogen) atoms. The zero-order valence-corrected chi connectivity index (χ0v) is 14.0. The van der Waals surface area contributed by atoms with E-state index >= 15 is 0 Å². The van der Waals surface area contributed by atoms with Crippen LogP contribution in [0.15, 0.2) is 48.5 Å². The van der Waals surface area contributed by atoms with E-state index in [-0.39, 0.29) is 31.4 Å². The molecule has 3 N–H and O–H groups in total. The number of aliphatic hydroxyl groups is 1. The van der Waals surface area contributed by atoms with Crippen LogP contribution in [0, 0.1) is 0 Å². The number of carbonyl (C=O) groups is 2. The van der Waals surface area contributed by atoms with Crippen molar-refractivity contribution in [2.75, 3.05) is 6.61 Å². The molecule has 0 spiro atoms. The maximum atomic E-state index is 12.0. The van der Waals surface area contributed by atoms with Gasteiger partial charge in [-0.2, -0.15) is 0 Å². The van der Waals surface area contributed by atoms with Crippen molar-refractivity contribution < 1.29 is 24.5 Å². The maximum absolute atomic E-state index is 12.0. The quantitative estimate of drug-likeness (QED) is 0.785. The van der Waals surface area contributed by atoms with Gasteiger partial charge in [0, 0.05) is 24.8 Å². The van der Waals surface area contributed by atoms with Crippen molar-refractivity contribution in [3.63, 3.8) is 0 Å². The number of aliphatic carboxylic acids is 1. The Morgan fingerprint density at radius 2 is 1.58 bits per heavy atom. The molecule has 0 atom stereocenters. The van der Waals surface area contributed by atoms with Crippen LogP contribution < -0.4 is 5.32 Å². The van der Waals surface area contributed by atoms with Crippen LogP contribution in [0.3, 0.4) is 0 Å². The first-order chi connectivity index (χ1) is 12.5. The Labute approximate surface area is 150 Å². The summed E-state index contributed by atoms with van der Waals surface area (Å²) >= 11 is 0. The van der Waals surface area contributed by atoms with Crippen LogP contribution in [0.1, 0.15) is 29.9 Å². The van der Waals surface area contributed by atoms with Gasteiger partial charge in [-0.25, -0.2) is 9.59 Å². The number of carbonyl (C=O) groups excluding carboxylic acids is 1. The van der Waals surface area contributed by atoms with E-state index in [1.165, 1.54) is 0 Å². The van der Waals surface area contributed by atoms with Crippen molar-refractivity contribution in [2.24, 2.45) is 0 Å². The van der Waals surface area contributed by atoms with Crippen LogP contribution in [0.4, 0.5) is 4.79 Å². The van der Waals surface area contributed by atoms with Crippen molar-refractivity contribution in [2.45, 2.75) is 30.4 Å². The van der Waals surface area contributed by atoms with Gasteiger partial charge in [-0.15, -0.1) is 0 Å². The average molecular weight is 353 g/mol. The normalized spacial score (nSPS) is 23.5. The molecule has 0 radical (unpaired) electrons. The summed E-state index contributed by atoms with van der Waals surface area (Å²) in [6, 6.07) is 15.8. The van der Waals surface area contributed by atoms with Crippen molar-refractivity contribution in [1.29, 1.82) is 0 Å². The highest BCUT2D eigenvalue weighted by molar-refractivity contribution is 5.80. The van der Waals surface area contributed by atoms with Crippen molar-refractivity contribution in [3.05, 3.63) is 59.7 Å². The van der Waals surface area contributed by atoms with E-state index in [0.29, 0.717) is 0 Å². The molecule has 0 saturated heterocycles. The molecule has 0 bridgehead atoms. The first-order valence-corrected chi connectivity index (χ1v) is 8.55. The highest BCUT2D eigenvalue weighted by Crippen LogP contribution is 2.44. The Hall–Kier alpha value is -2.86. The second-order valence-electron chi connectivity index (χ2n) is 6.91. The summed E-state index contributed by atoms with van der Waals surface area (Å²) in [5.41, 5.74) is 2.84. The van der Waals surface area contributed by atoms with E-state index in [9.17, 15) is 14.7 Å². The van der Waals surface area contributed by atoms with Gasteiger partial charge in [0.15, 0.2) is 5.60 Å². The highest BCUT2D eigenvalue weighted by Gasteiger charge is 2.49. The number of alkyl carbamates (subject to hydrolysis) is 1. The lowest BCUT2D eigenvalue weighted by Crippen LogP contribution is -2.59. The molecule has 1 amide bonds. The van der Waals surface area contributed by atoms with Gasteiger partial charge in [0.2, 0.25) is 0 Å². The van der Waals surface area contributed by atoms with Crippen LogP contribution in [0.5, 0.6) is 0 Å². The molecule has 2 aromatic carbocycles. The van der Waals surface area contributed by atoms with Gasteiger partial charge in [0.05, 0.1) is 0 Å². The van der Waals surface area contributed by atoms with Gasteiger partial charge in [0.25, 0.3) is 0 Å². The lowest BCUT2D eigenvalue weighted by molar-refractivity contribution is -0.170. The van der Waals surface area contributed by atoms with Gasteiger partial charge < -0.3 is 20.3 Å². The largest absolute Gasteiger partial charge is 0.479 e. The Balaban J connectivity index is 1.40. The Morgan fingerprint density at radius 3 is 2.12 bits per heavy atom. The van der Waals surface area contributed by atoms with E-state index in [1.807, 2.05) is 36.4 Å². The number of carboxylic acid groups (broad SMARTS) is 1. The molecule has 0 aliphatic heterocycles. The van der Waals surface area contributed by atoms with E-state index in [2.05, 4.69) is 17.4 Å². The molecule has 4 rings (SSSR count). The average Bonchev–Trinajstić information content (AvgIpc) is 2.92. The number of amides is 1. The molecule has 6 nitrogen and oxygen atoms in total. The topological polar surface area (TPSA) is 95.9 Å². The smallest absolute Gasteiger partial charge is 0.407 e. The standard InChI is InChI=1S/C20H19NO5/c22-18(23)20(25)9-12(10-20)21-19(24)26-11-17-15-7-3-1-5-13(15)14-6-2-4-8-16(14)17/h1-8,12,17,25H,9-11H2,(H,21,24)(H,22,23). The molecule has 0 unspecified atom stereocenters. The van der Waals surface area contributed by atoms with Crippen LogP contribution >= 0.6 is 0 Å². The van der Waals surface area contributed by atoms with Crippen LogP contribution in [0.25, 0.3) is 11.1 Å². The van der Waals surface area contributed by atoms with Crippen LogP contribution in [-0.4, -0.2) is 40.5 Å². The maximum Gasteiger partial charge on any atom is 0.407 e. The SMILES string of the molecule is O=C(NC1CC(O)(C(=O)O)C1)OCC1c2ccccc2-c2ccccc21. The lowest BCUT2D eigenvalue weighted by Gasteiger charge is -2.39. The van der Waals surface area contributed by atoms with Crippen molar-refractivity contribution in [1.82, 2.24) is 5.32 Å². The fraction of sp³-hybridized carbons (Fsp3) is 0.300. The summed E-state index contributed by atoms with van der Waals surface area (Å²) < 4.78 is 5.40. The Bertz CT molecular complexity index is 827. The Kier molecular flexibility index (Phi) is 3.92. The molecule has 1 fully saturated rings. The van der Waals surface area contributed by atoms with Crippen molar-refractivity contribution >= 4 is 12.1 Å².